The predicted octanol–water partition coefficient (Wildman–Crippen LogP) is 3.40. The van der Waals surface area contributed by atoms with Crippen LogP contribution in [0.2, 0.25) is 0 Å². The molecule has 4 aromatic rings. The molecule has 0 spiro atoms. The van der Waals surface area contributed by atoms with E-state index >= 15 is 0 Å². The number of fused-ring (bicyclic) bond motifs is 1. The summed E-state index contributed by atoms with van der Waals surface area (Å²) in [7, 11) is 0. The van der Waals surface area contributed by atoms with Crippen LogP contribution in [0.4, 0.5) is 5.13 Å². The maximum Gasteiger partial charge on any atom is 0.271 e. The maximum absolute atomic E-state index is 12.8. The first-order valence-electron chi connectivity index (χ1n) is 8.81. The van der Waals surface area contributed by atoms with Gasteiger partial charge in [0.05, 0.1) is 0 Å². The monoisotopic (exact) mass is 411 g/mol. The van der Waals surface area contributed by atoms with Crippen LogP contribution < -0.4 is 10.9 Å². The summed E-state index contributed by atoms with van der Waals surface area (Å²) < 4.78 is 1.43. The molecule has 0 radical (unpaired) electrons. The van der Waals surface area contributed by atoms with Crippen molar-refractivity contribution >= 4 is 38.7 Å². The van der Waals surface area contributed by atoms with E-state index in [-0.39, 0.29) is 5.56 Å². The third-order valence-electron chi connectivity index (χ3n) is 4.07. The molecular formula is C19H17N5O2S2. The molecule has 0 aliphatic rings. The summed E-state index contributed by atoms with van der Waals surface area (Å²) >= 11 is 2.75. The van der Waals surface area contributed by atoms with Gasteiger partial charge in [-0.25, -0.2) is 4.98 Å². The van der Waals surface area contributed by atoms with E-state index in [1.165, 1.54) is 33.3 Å². The van der Waals surface area contributed by atoms with E-state index in [2.05, 4.69) is 20.5 Å². The summed E-state index contributed by atoms with van der Waals surface area (Å²) in [5.41, 5.74) is 0.740. The number of rotatable bonds is 6. The molecule has 142 valence electrons. The van der Waals surface area contributed by atoms with Gasteiger partial charge in [0.25, 0.3) is 11.5 Å². The molecule has 7 nitrogen and oxygen atoms in total. The number of thiazole rings is 1. The molecule has 0 saturated heterocycles. The van der Waals surface area contributed by atoms with Crippen molar-refractivity contribution in [2.75, 3.05) is 5.32 Å². The molecule has 1 aromatic carbocycles. The van der Waals surface area contributed by atoms with Gasteiger partial charge in [-0.05, 0) is 12.0 Å². The van der Waals surface area contributed by atoms with Crippen LogP contribution in [0.1, 0.15) is 39.2 Å². The summed E-state index contributed by atoms with van der Waals surface area (Å²) in [5.74, 6) is -0.526. The van der Waals surface area contributed by atoms with Crippen molar-refractivity contribution in [1.82, 2.24) is 19.6 Å². The highest BCUT2D eigenvalue weighted by molar-refractivity contribution is 7.17. The quantitative estimate of drug-likeness (QED) is 0.525. The summed E-state index contributed by atoms with van der Waals surface area (Å²) in [6.45, 7) is 2.05. The molecule has 9 heteroatoms. The van der Waals surface area contributed by atoms with Crippen molar-refractivity contribution in [1.29, 1.82) is 0 Å². The van der Waals surface area contributed by atoms with E-state index in [0.717, 1.165) is 28.3 Å². The van der Waals surface area contributed by atoms with Crippen LogP contribution in [0.15, 0.2) is 47.5 Å². The average molecular weight is 412 g/mol. The lowest BCUT2D eigenvalue weighted by atomic mass is 10.1. The zero-order chi connectivity index (χ0) is 19.5. The Morgan fingerprint density at radius 2 is 2.00 bits per heavy atom. The Morgan fingerprint density at radius 1 is 1.18 bits per heavy atom. The van der Waals surface area contributed by atoms with Gasteiger partial charge >= 0.3 is 0 Å². The first-order chi connectivity index (χ1) is 13.6. The minimum absolute atomic E-state index is 0.0196. The highest BCUT2D eigenvalue weighted by Crippen LogP contribution is 2.19. The molecule has 1 N–H and O–H groups in total. The van der Waals surface area contributed by atoms with Crippen molar-refractivity contribution in [3.05, 3.63) is 74.1 Å². The van der Waals surface area contributed by atoms with E-state index in [4.69, 9.17) is 0 Å². The van der Waals surface area contributed by atoms with Gasteiger partial charge in [-0.1, -0.05) is 48.6 Å². The summed E-state index contributed by atoms with van der Waals surface area (Å²) in [4.78, 5) is 31.1. The van der Waals surface area contributed by atoms with Gasteiger partial charge in [0.15, 0.2) is 4.96 Å². The van der Waals surface area contributed by atoms with E-state index < -0.39 is 11.5 Å². The van der Waals surface area contributed by atoms with E-state index in [9.17, 15) is 9.59 Å². The fourth-order valence-electron chi connectivity index (χ4n) is 2.75. The second-order valence-corrected chi connectivity index (χ2v) is 8.35. The van der Waals surface area contributed by atoms with Crippen molar-refractivity contribution in [2.24, 2.45) is 0 Å². The van der Waals surface area contributed by atoms with Gasteiger partial charge in [0.2, 0.25) is 5.13 Å². The Morgan fingerprint density at radius 3 is 2.79 bits per heavy atom. The van der Waals surface area contributed by atoms with Crippen molar-refractivity contribution < 1.29 is 4.79 Å². The number of hydrogen-bond acceptors (Lipinski definition) is 7. The van der Waals surface area contributed by atoms with Gasteiger partial charge < -0.3 is 0 Å². The number of benzene rings is 1. The van der Waals surface area contributed by atoms with E-state index in [1.807, 2.05) is 37.3 Å². The number of anilines is 1. The van der Waals surface area contributed by atoms with E-state index in [0.29, 0.717) is 16.5 Å². The maximum atomic E-state index is 12.8. The van der Waals surface area contributed by atoms with Crippen molar-refractivity contribution in [2.45, 2.75) is 26.2 Å². The SMILES string of the molecule is CCCc1nnc(NC(=O)c2cnc3sc(Cc4ccccc4)cn3c2=O)s1. The van der Waals surface area contributed by atoms with Gasteiger partial charge in [-0.2, -0.15) is 0 Å². The smallest absolute Gasteiger partial charge is 0.271 e. The molecule has 28 heavy (non-hydrogen) atoms. The number of nitrogens with one attached hydrogen (secondary N) is 1. The Hall–Kier alpha value is -2.91. The van der Waals surface area contributed by atoms with Crippen LogP contribution in [-0.4, -0.2) is 25.5 Å². The number of amides is 1. The molecule has 0 bridgehead atoms. The predicted molar refractivity (Wildman–Crippen MR) is 110 cm³/mol. The first kappa shape index (κ1) is 18.5. The number of carbonyl (C=O) groups excluding carboxylic acids is 1. The lowest BCUT2D eigenvalue weighted by Crippen LogP contribution is -2.25. The van der Waals surface area contributed by atoms with Crippen LogP contribution in [0.3, 0.4) is 0 Å². The lowest BCUT2D eigenvalue weighted by molar-refractivity contribution is 0.102. The highest BCUT2D eigenvalue weighted by atomic mass is 32.1. The molecule has 3 heterocycles. The fourth-order valence-corrected chi connectivity index (χ4v) is 4.56. The Balaban J connectivity index is 1.58. The number of aromatic nitrogens is 4. The molecule has 4 rings (SSSR count). The summed E-state index contributed by atoms with van der Waals surface area (Å²) in [5, 5.41) is 11.9. The zero-order valence-corrected chi connectivity index (χ0v) is 16.7. The molecule has 3 aromatic heterocycles. The normalized spacial score (nSPS) is 11.0. The van der Waals surface area contributed by atoms with E-state index in [1.54, 1.807) is 6.20 Å². The van der Waals surface area contributed by atoms with Crippen LogP contribution in [0.25, 0.3) is 4.96 Å². The molecule has 0 unspecified atom stereocenters. The second-order valence-electron chi connectivity index (χ2n) is 6.19. The van der Waals surface area contributed by atoms with Gasteiger partial charge in [0, 0.05) is 30.1 Å². The minimum atomic E-state index is -0.526. The second kappa shape index (κ2) is 7.99. The Bertz CT molecular complexity index is 1180. The number of nitrogens with zero attached hydrogens (tertiary/aromatic N) is 4. The molecular weight excluding hydrogens is 394 g/mol. The van der Waals surface area contributed by atoms with Crippen LogP contribution >= 0.6 is 22.7 Å². The third kappa shape index (κ3) is 3.85. The Labute approximate surface area is 168 Å². The minimum Gasteiger partial charge on any atom is -0.296 e. The topological polar surface area (TPSA) is 89.2 Å². The molecule has 0 aliphatic carbocycles. The average Bonchev–Trinajstić information content (AvgIpc) is 3.30. The summed E-state index contributed by atoms with van der Waals surface area (Å²) in [6, 6.07) is 10.0. The molecule has 0 fully saturated rings. The number of aryl methyl sites for hydroxylation is 1. The van der Waals surface area contributed by atoms with Crippen LogP contribution in [0, 0.1) is 0 Å². The lowest BCUT2D eigenvalue weighted by Gasteiger charge is -2.00. The zero-order valence-electron chi connectivity index (χ0n) is 15.1. The highest BCUT2D eigenvalue weighted by Gasteiger charge is 2.17. The van der Waals surface area contributed by atoms with Gasteiger partial charge in [0.1, 0.15) is 10.6 Å². The number of carbonyl (C=O) groups is 1. The molecule has 1 amide bonds. The molecule has 0 saturated carbocycles. The fraction of sp³-hybridized carbons (Fsp3) is 0.211. The van der Waals surface area contributed by atoms with Crippen molar-refractivity contribution in [3.63, 3.8) is 0 Å². The standard InChI is InChI=1S/C19H17N5O2S2/c1-2-6-15-22-23-18(28-15)21-16(25)14-10-20-19-24(17(14)26)11-13(27-19)9-12-7-4-3-5-8-12/h3-5,7-8,10-11H,2,6,9H2,1H3,(H,21,23,25). The molecule has 0 atom stereocenters. The first-order valence-corrected chi connectivity index (χ1v) is 10.4. The van der Waals surface area contributed by atoms with Crippen LogP contribution in [-0.2, 0) is 12.8 Å². The van der Waals surface area contributed by atoms with Gasteiger partial charge in [-0.15, -0.1) is 21.5 Å². The number of hydrogen-bond donors (Lipinski definition) is 1. The Kier molecular flexibility index (Phi) is 5.27. The third-order valence-corrected chi connectivity index (χ3v) is 5.97. The van der Waals surface area contributed by atoms with Gasteiger partial charge in [-0.3, -0.25) is 19.3 Å². The summed E-state index contributed by atoms with van der Waals surface area (Å²) in [6.07, 6.45) is 5.55. The largest absolute Gasteiger partial charge is 0.296 e. The van der Waals surface area contributed by atoms with Crippen molar-refractivity contribution in [3.8, 4) is 0 Å². The van der Waals surface area contributed by atoms with Crippen LogP contribution in [0.5, 0.6) is 0 Å². The molecule has 0 aliphatic heterocycles.